The summed E-state index contributed by atoms with van der Waals surface area (Å²) < 4.78 is 40.4. The van der Waals surface area contributed by atoms with Gasteiger partial charge in [0.25, 0.3) is 0 Å². The average Bonchev–Trinajstić information content (AvgIpc) is 2.72. The van der Waals surface area contributed by atoms with E-state index in [1.807, 2.05) is 5.38 Å². The maximum atomic E-state index is 13.5. The number of halogens is 2. The molecule has 0 spiro atoms. The van der Waals surface area contributed by atoms with Crippen LogP contribution in [-0.4, -0.2) is 12.8 Å². The molecule has 2 rings (SSSR count). The highest BCUT2D eigenvalue weighted by molar-refractivity contribution is 9.10. The molecule has 0 unspecified atom stereocenters. The smallest absolute Gasteiger partial charge is 0.225 e. The zero-order valence-electron chi connectivity index (χ0n) is 8.93. The van der Waals surface area contributed by atoms with Crippen molar-refractivity contribution in [3.05, 3.63) is 45.1 Å². The lowest BCUT2D eigenvalue weighted by Crippen LogP contribution is -2.14. The molecule has 0 aliphatic rings. The first-order chi connectivity index (χ1) is 8.38. The van der Waals surface area contributed by atoms with Crippen molar-refractivity contribution in [1.29, 1.82) is 0 Å². The van der Waals surface area contributed by atoms with E-state index in [4.69, 9.17) is 5.14 Å². The van der Waals surface area contributed by atoms with Crippen LogP contribution in [0.15, 0.2) is 33.1 Å². The average molecular weight is 351 g/mol. The minimum absolute atomic E-state index is 0.458. The molecule has 0 aliphatic heterocycles. The molecule has 2 N–H and O–H groups in total. The molecule has 0 fully saturated rings. The molecule has 8 heteroatoms. The zero-order valence-corrected chi connectivity index (χ0v) is 12.1. The van der Waals surface area contributed by atoms with Gasteiger partial charge >= 0.3 is 0 Å². The first kappa shape index (κ1) is 13.6. The molecule has 1 aromatic heterocycles. The lowest BCUT2D eigenvalue weighted by Gasteiger charge is -2.07. The standard InChI is InChI=1S/C10H8BrFN2O2S2/c11-8-3-9(12)10(18(13,15)16)2-7(8)1-6-4-14-17-5-6/h2-5H,1H2,(H2,13,15,16). The van der Waals surface area contributed by atoms with Crippen molar-refractivity contribution in [3.8, 4) is 0 Å². The maximum Gasteiger partial charge on any atom is 0.240 e. The third kappa shape index (κ3) is 2.94. The highest BCUT2D eigenvalue weighted by Gasteiger charge is 2.17. The fourth-order valence-corrected chi connectivity index (χ4v) is 3.09. The van der Waals surface area contributed by atoms with Crippen LogP contribution in [0.3, 0.4) is 0 Å². The van der Waals surface area contributed by atoms with Gasteiger partial charge in [0.15, 0.2) is 0 Å². The summed E-state index contributed by atoms with van der Waals surface area (Å²) in [5.74, 6) is -0.864. The van der Waals surface area contributed by atoms with Crippen molar-refractivity contribution < 1.29 is 12.8 Å². The van der Waals surface area contributed by atoms with Gasteiger partial charge in [0.05, 0.1) is 0 Å². The second-order valence-corrected chi connectivity index (χ2v) is 6.67. The largest absolute Gasteiger partial charge is 0.240 e. The number of hydrogen-bond donors (Lipinski definition) is 1. The summed E-state index contributed by atoms with van der Waals surface area (Å²) >= 11 is 4.50. The van der Waals surface area contributed by atoms with Crippen molar-refractivity contribution in [3.63, 3.8) is 0 Å². The van der Waals surface area contributed by atoms with E-state index < -0.39 is 20.7 Å². The van der Waals surface area contributed by atoms with E-state index in [1.54, 1.807) is 6.20 Å². The van der Waals surface area contributed by atoms with Gasteiger partial charge < -0.3 is 0 Å². The number of nitrogens with zero attached hydrogens (tertiary/aromatic N) is 1. The molecule has 0 bridgehead atoms. The Morgan fingerprint density at radius 2 is 2.17 bits per heavy atom. The monoisotopic (exact) mass is 350 g/mol. The number of benzene rings is 1. The first-order valence-electron chi connectivity index (χ1n) is 4.77. The lowest BCUT2D eigenvalue weighted by molar-refractivity contribution is 0.566. The van der Waals surface area contributed by atoms with Crippen LogP contribution in [0.25, 0.3) is 0 Å². The molecule has 0 radical (unpaired) electrons. The summed E-state index contributed by atoms with van der Waals surface area (Å²) in [7, 11) is -4.06. The van der Waals surface area contributed by atoms with E-state index in [2.05, 4.69) is 20.3 Å². The topological polar surface area (TPSA) is 73.1 Å². The maximum absolute atomic E-state index is 13.5. The van der Waals surface area contributed by atoms with Gasteiger partial charge in [0, 0.05) is 22.5 Å². The van der Waals surface area contributed by atoms with Crippen molar-refractivity contribution in [2.24, 2.45) is 5.14 Å². The lowest BCUT2D eigenvalue weighted by atomic mass is 10.1. The number of rotatable bonds is 3. The highest BCUT2D eigenvalue weighted by Crippen LogP contribution is 2.26. The quantitative estimate of drug-likeness (QED) is 0.922. The zero-order chi connectivity index (χ0) is 13.3. The van der Waals surface area contributed by atoms with Gasteiger partial charge in [-0.25, -0.2) is 22.3 Å². The molecule has 1 aromatic carbocycles. The minimum Gasteiger partial charge on any atom is -0.225 e. The highest BCUT2D eigenvalue weighted by atomic mass is 79.9. The molecule has 0 amide bonds. The molecule has 0 saturated carbocycles. The second-order valence-electron chi connectivity index (χ2n) is 3.63. The number of aromatic nitrogens is 1. The van der Waals surface area contributed by atoms with E-state index in [9.17, 15) is 12.8 Å². The summed E-state index contributed by atoms with van der Waals surface area (Å²) in [6.07, 6.45) is 2.14. The first-order valence-corrected chi connectivity index (χ1v) is 7.94. The fourth-order valence-electron chi connectivity index (χ4n) is 1.46. The molecular formula is C10H8BrFN2O2S2. The van der Waals surface area contributed by atoms with Crippen LogP contribution in [0, 0.1) is 5.82 Å². The molecule has 0 saturated heterocycles. The number of nitrogens with two attached hydrogens (primary N) is 1. The SMILES string of the molecule is NS(=O)(=O)c1cc(Cc2cnsc2)c(Br)cc1F. The van der Waals surface area contributed by atoms with Gasteiger partial charge in [0.1, 0.15) is 10.7 Å². The Hall–Kier alpha value is -0.830. The van der Waals surface area contributed by atoms with Gasteiger partial charge in [0.2, 0.25) is 10.0 Å². The van der Waals surface area contributed by atoms with E-state index in [1.165, 1.54) is 17.6 Å². The minimum atomic E-state index is -4.06. The van der Waals surface area contributed by atoms with Crippen molar-refractivity contribution >= 4 is 37.5 Å². The Bertz CT molecular complexity index is 671. The van der Waals surface area contributed by atoms with Crippen molar-refractivity contribution in [2.45, 2.75) is 11.3 Å². The number of sulfonamides is 1. The van der Waals surface area contributed by atoms with Crippen LogP contribution in [0.2, 0.25) is 0 Å². The van der Waals surface area contributed by atoms with Crippen molar-refractivity contribution in [1.82, 2.24) is 4.37 Å². The summed E-state index contributed by atoms with van der Waals surface area (Å²) in [5, 5.41) is 6.80. The molecule has 96 valence electrons. The summed E-state index contributed by atoms with van der Waals surface area (Å²) in [5.41, 5.74) is 1.56. The molecule has 1 heterocycles. The third-order valence-electron chi connectivity index (χ3n) is 2.29. The summed E-state index contributed by atoms with van der Waals surface area (Å²) in [4.78, 5) is -0.496. The Morgan fingerprint density at radius 3 is 2.72 bits per heavy atom. The summed E-state index contributed by atoms with van der Waals surface area (Å²) in [6, 6.07) is 2.35. The Balaban J connectivity index is 2.48. The van der Waals surface area contributed by atoms with E-state index in [-0.39, 0.29) is 0 Å². The normalized spacial score (nSPS) is 11.7. The number of primary sulfonamides is 1. The number of hydrogen-bond acceptors (Lipinski definition) is 4. The summed E-state index contributed by atoms with van der Waals surface area (Å²) in [6.45, 7) is 0. The van der Waals surface area contributed by atoms with Crippen molar-refractivity contribution in [2.75, 3.05) is 0 Å². The Labute approximate surface area is 116 Å². The van der Waals surface area contributed by atoms with E-state index in [0.29, 0.717) is 16.5 Å². The van der Waals surface area contributed by atoms with Gasteiger partial charge in [-0.05, 0) is 34.8 Å². The van der Waals surface area contributed by atoms with Gasteiger partial charge in [-0.2, -0.15) is 0 Å². The van der Waals surface area contributed by atoms with Crippen LogP contribution < -0.4 is 5.14 Å². The molecule has 2 aromatic rings. The predicted octanol–water partition coefficient (Wildman–Crippen LogP) is 2.28. The van der Waals surface area contributed by atoms with Gasteiger partial charge in [-0.3, -0.25) is 0 Å². The van der Waals surface area contributed by atoms with Crippen LogP contribution in [0.5, 0.6) is 0 Å². The Kier molecular flexibility index (Phi) is 3.81. The van der Waals surface area contributed by atoms with Crippen LogP contribution in [-0.2, 0) is 16.4 Å². The molecule has 4 nitrogen and oxygen atoms in total. The molecular weight excluding hydrogens is 343 g/mol. The van der Waals surface area contributed by atoms with E-state index >= 15 is 0 Å². The van der Waals surface area contributed by atoms with Gasteiger partial charge in [-0.1, -0.05) is 15.9 Å². The van der Waals surface area contributed by atoms with E-state index in [0.717, 1.165) is 11.6 Å². The Morgan fingerprint density at radius 1 is 1.44 bits per heavy atom. The van der Waals surface area contributed by atoms with Crippen LogP contribution in [0.4, 0.5) is 4.39 Å². The molecule has 18 heavy (non-hydrogen) atoms. The van der Waals surface area contributed by atoms with Crippen LogP contribution >= 0.6 is 27.5 Å². The fraction of sp³-hybridized carbons (Fsp3) is 0.100. The third-order valence-corrected chi connectivity index (χ3v) is 4.58. The predicted molar refractivity (Wildman–Crippen MR) is 70.4 cm³/mol. The molecule has 0 atom stereocenters. The second kappa shape index (κ2) is 5.04. The van der Waals surface area contributed by atoms with Crippen LogP contribution in [0.1, 0.15) is 11.1 Å². The molecule has 0 aliphatic carbocycles. The van der Waals surface area contributed by atoms with Gasteiger partial charge in [-0.15, -0.1) is 0 Å².